The zero-order valence-electron chi connectivity index (χ0n) is 22.1. The Hall–Kier alpha value is -5.00. The molecule has 0 aliphatic heterocycles. The Labute approximate surface area is 254 Å². The molecule has 0 atom stereocenters. The van der Waals surface area contributed by atoms with E-state index in [4.69, 9.17) is 9.68 Å². The molecule has 5 heteroatoms. The van der Waals surface area contributed by atoms with Gasteiger partial charge in [-0.05, 0) is 80.9 Å². The van der Waals surface area contributed by atoms with Crippen LogP contribution >= 0.6 is 0 Å². The van der Waals surface area contributed by atoms with Crippen molar-refractivity contribution < 1.29 is 18.5 Å². The first kappa shape index (κ1) is 32.5. The Morgan fingerprint density at radius 2 is 0.791 bits per heavy atom. The Morgan fingerprint density at radius 1 is 0.419 bits per heavy atom. The fourth-order valence-electron chi connectivity index (χ4n) is 4.49. The molecule has 6 aromatic rings. The van der Waals surface area contributed by atoms with E-state index in [1.165, 1.54) is 29.3 Å². The van der Waals surface area contributed by atoms with Gasteiger partial charge in [0, 0.05) is 0 Å². The molecule has 0 aliphatic rings. The Balaban J connectivity index is 0.000000227. The smallest absolute Gasteiger partial charge is 0.535 e. The third kappa shape index (κ3) is 8.51. The van der Waals surface area contributed by atoms with E-state index in [0.29, 0.717) is 7.69 Å². The molecule has 0 saturated heterocycles. The number of hydrogen-bond acceptors (Lipinski definition) is 2. The second-order valence-electron chi connectivity index (χ2n) is 9.27. The lowest BCUT2D eigenvalue weighted by Crippen LogP contribution is -2.01. The standard InChI is InChI=1S/C18H13BFO2.C18H13F.2CH4/c20-17-10-9-16(12-18(17)22-19-21)15-8-4-7-14(11-15)13-5-2-1-3-6-13;19-18-11-9-15(10-12-18)17-8-4-7-16(13-17)14-5-2-1-3-6-14;;/h1-12,21H;1-13H;2*1H4. The normalized spacial score (nSPS) is 9.84. The monoisotopic (exact) mass is 571 g/mol. The first-order valence-corrected chi connectivity index (χ1v) is 13.1. The van der Waals surface area contributed by atoms with Gasteiger partial charge in [-0.15, -0.1) is 0 Å². The number of benzene rings is 6. The maximum atomic E-state index is 13.6. The highest BCUT2D eigenvalue weighted by Crippen LogP contribution is 2.30. The lowest BCUT2D eigenvalue weighted by atomic mass is 9.99. The van der Waals surface area contributed by atoms with Crippen LogP contribution in [-0.2, 0) is 0 Å². The minimum Gasteiger partial charge on any atom is -0.535 e. The molecule has 0 unspecified atom stereocenters. The van der Waals surface area contributed by atoms with E-state index in [1.807, 2.05) is 84.9 Å². The van der Waals surface area contributed by atoms with Crippen LogP contribution in [0.4, 0.5) is 8.78 Å². The molecule has 0 spiro atoms. The molecule has 1 radical (unpaired) electrons. The zero-order chi connectivity index (χ0) is 28.4. The van der Waals surface area contributed by atoms with Gasteiger partial charge in [0.2, 0.25) is 0 Å². The summed E-state index contributed by atoms with van der Waals surface area (Å²) < 4.78 is 31.3. The van der Waals surface area contributed by atoms with Crippen molar-refractivity contribution in [3.05, 3.63) is 163 Å². The lowest BCUT2D eigenvalue weighted by molar-refractivity contribution is 0.432. The van der Waals surface area contributed by atoms with Crippen molar-refractivity contribution in [3.63, 3.8) is 0 Å². The van der Waals surface area contributed by atoms with Gasteiger partial charge < -0.3 is 9.68 Å². The second-order valence-corrected chi connectivity index (χ2v) is 9.27. The molecule has 0 heterocycles. The number of hydrogen-bond donors (Lipinski definition) is 1. The summed E-state index contributed by atoms with van der Waals surface area (Å²) in [4.78, 5) is 0. The van der Waals surface area contributed by atoms with Crippen LogP contribution in [-0.4, -0.2) is 12.7 Å². The van der Waals surface area contributed by atoms with Crippen LogP contribution in [0, 0.1) is 11.6 Å². The third-order valence-electron chi connectivity index (χ3n) is 6.56. The molecule has 43 heavy (non-hydrogen) atoms. The van der Waals surface area contributed by atoms with Crippen LogP contribution < -0.4 is 4.65 Å². The SMILES string of the molecule is C.C.Fc1ccc(-c2cccc(-c3ccccc3)c2)cc1.O[B]Oc1cc(-c2cccc(-c3ccccc3)c2)ccc1F. The summed E-state index contributed by atoms with van der Waals surface area (Å²) in [6.07, 6.45) is 0. The van der Waals surface area contributed by atoms with Crippen LogP contribution in [0.2, 0.25) is 0 Å². The summed E-state index contributed by atoms with van der Waals surface area (Å²) in [6.45, 7) is 0. The highest BCUT2D eigenvalue weighted by Gasteiger charge is 2.08. The molecule has 6 rings (SSSR count). The molecule has 215 valence electrons. The van der Waals surface area contributed by atoms with Crippen molar-refractivity contribution in [1.29, 1.82) is 0 Å². The molecule has 0 saturated carbocycles. The molecule has 0 bridgehead atoms. The number of rotatable bonds is 6. The summed E-state index contributed by atoms with van der Waals surface area (Å²) >= 11 is 0. The topological polar surface area (TPSA) is 29.5 Å². The van der Waals surface area contributed by atoms with Crippen LogP contribution in [0.5, 0.6) is 5.75 Å². The van der Waals surface area contributed by atoms with Crippen LogP contribution in [0.3, 0.4) is 0 Å². The van der Waals surface area contributed by atoms with Crippen molar-refractivity contribution in [2.24, 2.45) is 0 Å². The molecule has 0 fully saturated rings. The quantitative estimate of drug-likeness (QED) is 0.202. The minimum atomic E-state index is -0.520. The van der Waals surface area contributed by atoms with Gasteiger partial charge in [-0.3, -0.25) is 0 Å². The largest absolute Gasteiger partial charge is 0.569 e. The molecule has 2 nitrogen and oxygen atoms in total. The third-order valence-corrected chi connectivity index (χ3v) is 6.56. The molecular formula is C38H34BF2O2. The average Bonchev–Trinajstić information content (AvgIpc) is 3.04. The average molecular weight is 571 g/mol. The molecule has 0 aromatic heterocycles. The summed E-state index contributed by atoms with van der Waals surface area (Å²) in [5.74, 6) is -0.735. The van der Waals surface area contributed by atoms with E-state index in [-0.39, 0.29) is 26.4 Å². The summed E-state index contributed by atoms with van der Waals surface area (Å²) in [7, 11) is 0.475. The van der Waals surface area contributed by atoms with E-state index in [1.54, 1.807) is 24.3 Å². The van der Waals surface area contributed by atoms with Gasteiger partial charge in [0.1, 0.15) is 11.6 Å². The minimum absolute atomic E-state index is 0. The highest BCUT2D eigenvalue weighted by molar-refractivity contribution is 6.17. The molecule has 6 aromatic carbocycles. The van der Waals surface area contributed by atoms with Crippen LogP contribution in [0.15, 0.2) is 152 Å². The molecular weight excluding hydrogens is 537 g/mol. The molecule has 0 amide bonds. The van der Waals surface area contributed by atoms with Crippen LogP contribution in [0.1, 0.15) is 14.9 Å². The van der Waals surface area contributed by atoms with E-state index >= 15 is 0 Å². The predicted octanol–water partition coefficient (Wildman–Crippen LogP) is 10.5. The Kier molecular flexibility index (Phi) is 12.0. The second kappa shape index (κ2) is 15.9. The lowest BCUT2D eigenvalue weighted by Gasteiger charge is -2.09. The summed E-state index contributed by atoms with van der Waals surface area (Å²) in [5.41, 5.74) is 8.44. The number of halogens is 2. The molecule has 0 aliphatic carbocycles. The van der Waals surface area contributed by atoms with Gasteiger partial charge in [0.25, 0.3) is 0 Å². The van der Waals surface area contributed by atoms with Crippen molar-refractivity contribution in [1.82, 2.24) is 0 Å². The van der Waals surface area contributed by atoms with E-state index in [0.717, 1.165) is 33.4 Å². The summed E-state index contributed by atoms with van der Waals surface area (Å²) in [5, 5.41) is 8.68. The van der Waals surface area contributed by atoms with E-state index < -0.39 is 5.82 Å². The predicted molar refractivity (Wildman–Crippen MR) is 177 cm³/mol. The highest BCUT2D eigenvalue weighted by atomic mass is 19.1. The fraction of sp³-hybridized carbons (Fsp3) is 0.0526. The molecule has 1 N–H and O–H groups in total. The van der Waals surface area contributed by atoms with Gasteiger partial charge in [0.05, 0.1) is 0 Å². The van der Waals surface area contributed by atoms with Gasteiger partial charge in [0.15, 0.2) is 5.82 Å². The first-order valence-electron chi connectivity index (χ1n) is 13.1. The fourth-order valence-corrected chi connectivity index (χ4v) is 4.49. The van der Waals surface area contributed by atoms with Gasteiger partial charge >= 0.3 is 7.69 Å². The first-order chi connectivity index (χ1) is 20.1. The Morgan fingerprint density at radius 3 is 1.26 bits per heavy atom. The van der Waals surface area contributed by atoms with Gasteiger partial charge in [-0.1, -0.05) is 130 Å². The maximum Gasteiger partial charge on any atom is 0.569 e. The van der Waals surface area contributed by atoms with Gasteiger partial charge in [-0.2, -0.15) is 0 Å². The van der Waals surface area contributed by atoms with E-state index in [9.17, 15) is 8.78 Å². The van der Waals surface area contributed by atoms with E-state index in [2.05, 4.69) is 24.3 Å². The Bertz CT molecular complexity index is 1710. The summed E-state index contributed by atoms with van der Waals surface area (Å²) in [6, 6.07) is 47.7. The van der Waals surface area contributed by atoms with Crippen molar-refractivity contribution in [2.75, 3.05) is 0 Å². The zero-order valence-corrected chi connectivity index (χ0v) is 22.1. The van der Waals surface area contributed by atoms with Crippen molar-refractivity contribution in [2.45, 2.75) is 14.9 Å². The van der Waals surface area contributed by atoms with Crippen molar-refractivity contribution >= 4 is 7.69 Å². The van der Waals surface area contributed by atoms with Gasteiger partial charge in [-0.25, -0.2) is 8.78 Å². The maximum absolute atomic E-state index is 13.6. The van der Waals surface area contributed by atoms with Crippen LogP contribution in [0.25, 0.3) is 44.5 Å². The van der Waals surface area contributed by atoms with Crippen molar-refractivity contribution in [3.8, 4) is 50.3 Å².